The van der Waals surface area contributed by atoms with Crippen molar-refractivity contribution >= 4 is 47.4 Å². The Bertz CT molecular complexity index is 809. The van der Waals surface area contributed by atoms with E-state index in [2.05, 4.69) is 4.74 Å². The fourth-order valence-corrected chi connectivity index (χ4v) is 2.75. The fraction of sp³-hybridized carbons (Fsp3) is 0.400. The van der Waals surface area contributed by atoms with Crippen molar-refractivity contribution in [3.05, 3.63) is 24.3 Å². The lowest BCUT2D eigenvalue weighted by molar-refractivity contribution is -0.160. The maximum atomic E-state index is 11.7. The van der Waals surface area contributed by atoms with Crippen LogP contribution in [0.4, 0.5) is 0 Å². The van der Waals surface area contributed by atoms with Gasteiger partial charge in [0.2, 0.25) is 0 Å². The summed E-state index contributed by atoms with van der Waals surface area (Å²) < 4.78 is 9.31. The second-order valence-corrected chi connectivity index (χ2v) is 6.77. The van der Waals surface area contributed by atoms with Gasteiger partial charge in [-0.1, -0.05) is 0 Å². The van der Waals surface area contributed by atoms with Crippen LogP contribution in [0.2, 0.25) is 0 Å². The molecule has 0 saturated carbocycles. The van der Waals surface area contributed by atoms with Gasteiger partial charge < -0.3 is 9.47 Å². The van der Waals surface area contributed by atoms with E-state index in [0.29, 0.717) is 0 Å². The van der Waals surface area contributed by atoms with Gasteiger partial charge in [-0.15, -0.1) is 0 Å². The summed E-state index contributed by atoms with van der Waals surface area (Å²) in [5.41, 5.74) is 0. The normalized spacial score (nSPS) is 15.0. The predicted molar refractivity (Wildman–Crippen MR) is 104 cm³/mol. The van der Waals surface area contributed by atoms with Gasteiger partial charge in [-0.25, -0.2) is 0 Å². The van der Waals surface area contributed by atoms with Crippen LogP contribution in [-0.4, -0.2) is 70.3 Å². The first-order chi connectivity index (χ1) is 15.2. The molecule has 2 heterocycles. The molecule has 12 nitrogen and oxygen atoms in total. The van der Waals surface area contributed by atoms with Crippen LogP contribution in [0.15, 0.2) is 24.3 Å². The molecule has 0 radical (unpaired) electrons. The van der Waals surface area contributed by atoms with Crippen molar-refractivity contribution in [1.29, 1.82) is 5.41 Å². The highest BCUT2D eigenvalue weighted by molar-refractivity contribution is 6.13. The van der Waals surface area contributed by atoms with Gasteiger partial charge in [0.05, 0.1) is 6.42 Å². The van der Waals surface area contributed by atoms with Crippen molar-refractivity contribution < 1.29 is 43.0 Å². The minimum atomic E-state index is -0.913. The zero-order valence-electron chi connectivity index (χ0n) is 17.0. The van der Waals surface area contributed by atoms with Gasteiger partial charge in [0.25, 0.3) is 23.6 Å². The Morgan fingerprint density at radius 2 is 1.00 bits per heavy atom. The number of hydrogen-bond acceptors (Lipinski definition) is 10. The summed E-state index contributed by atoms with van der Waals surface area (Å²) in [4.78, 5) is 82.4. The van der Waals surface area contributed by atoms with E-state index in [1.165, 1.54) is 0 Å². The molecule has 0 fully saturated rings. The van der Waals surface area contributed by atoms with Crippen LogP contribution in [0, 0.1) is 5.41 Å². The van der Waals surface area contributed by atoms with Gasteiger partial charge in [0.15, 0.2) is 5.90 Å². The van der Waals surface area contributed by atoms with E-state index in [9.17, 15) is 33.6 Å². The molecular weight excluding hydrogens is 426 g/mol. The zero-order chi connectivity index (χ0) is 23.7. The number of esters is 3. The number of ether oxygens (including phenoxy) is 2. The molecule has 12 heteroatoms. The molecule has 1 N–H and O–H groups in total. The van der Waals surface area contributed by atoms with Crippen molar-refractivity contribution in [2.75, 3.05) is 13.1 Å². The summed E-state index contributed by atoms with van der Waals surface area (Å²) in [5.74, 6) is -4.86. The highest BCUT2D eigenvalue weighted by Gasteiger charge is 2.24. The maximum absolute atomic E-state index is 11.7. The first-order valence-electron chi connectivity index (χ1n) is 9.76. The maximum Gasteiger partial charge on any atom is 0.313 e. The molecular formula is C20H21N3O9. The molecule has 4 amide bonds. The largest absolute Gasteiger partial charge is 0.412 e. The molecule has 0 aromatic carbocycles. The third-order valence-electron chi connectivity index (χ3n) is 4.35. The van der Waals surface area contributed by atoms with Gasteiger partial charge in [-0.05, 0) is 12.8 Å². The van der Waals surface area contributed by atoms with E-state index < -0.39 is 47.4 Å². The Kier molecular flexibility index (Phi) is 8.69. The monoisotopic (exact) mass is 447 g/mol. The molecule has 0 aromatic rings. The lowest BCUT2D eigenvalue weighted by Crippen LogP contribution is -2.31. The average Bonchev–Trinajstić information content (AvgIpc) is 3.22. The van der Waals surface area contributed by atoms with Crippen LogP contribution in [0.3, 0.4) is 0 Å². The number of amides is 4. The predicted octanol–water partition coefficient (Wildman–Crippen LogP) is -0.233. The lowest BCUT2D eigenvalue weighted by atomic mass is 10.2. The molecule has 0 aromatic heterocycles. The van der Waals surface area contributed by atoms with Crippen molar-refractivity contribution in [2.24, 2.45) is 0 Å². The zero-order valence-corrected chi connectivity index (χ0v) is 17.0. The highest BCUT2D eigenvalue weighted by Crippen LogP contribution is 2.08. The molecule has 170 valence electrons. The van der Waals surface area contributed by atoms with Crippen LogP contribution in [0.1, 0.15) is 38.5 Å². The van der Waals surface area contributed by atoms with Crippen LogP contribution in [0.25, 0.3) is 0 Å². The van der Waals surface area contributed by atoms with E-state index in [0.717, 1.165) is 34.1 Å². The summed E-state index contributed by atoms with van der Waals surface area (Å²) in [5, 5.41) is 7.57. The molecule has 32 heavy (non-hydrogen) atoms. The molecule has 2 rings (SSSR count). The Balaban J connectivity index is 1.55. The molecule has 2 aliphatic heterocycles. The van der Waals surface area contributed by atoms with E-state index in [1.54, 1.807) is 0 Å². The number of rotatable bonds is 11. The van der Waals surface area contributed by atoms with Crippen molar-refractivity contribution in [3.8, 4) is 0 Å². The third-order valence-corrected chi connectivity index (χ3v) is 4.35. The Labute approximate surface area is 182 Å². The summed E-state index contributed by atoms with van der Waals surface area (Å²) >= 11 is 0. The van der Waals surface area contributed by atoms with Gasteiger partial charge in [0.1, 0.15) is 0 Å². The summed E-state index contributed by atoms with van der Waals surface area (Å²) in [6.45, 7) is 0.0588. The van der Waals surface area contributed by atoms with Crippen molar-refractivity contribution in [3.63, 3.8) is 0 Å². The number of hydrogen-bond donors (Lipinski definition) is 1. The van der Waals surface area contributed by atoms with Gasteiger partial charge in [0, 0.05) is 56.7 Å². The number of nitrogens with zero attached hydrogens (tertiary/aromatic N) is 2. The number of nitrogens with one attached hydrogen (secondary N) is 1. The van der Waals surface area contributed by atoms with E-state index in [-0.39, 0.29) is 51.6 Å². The van der Waals surface area contributed by atoms with E-state index >= 15 is 0 Å². The number of carbonyl (C=O) groups excluding carboxylic acids is 7. The molecule has 0 spiro atoms. The lowest BCUT2D eigenvalue weighted by Gasteiger charge is -2.13. The quantitative estimate of drug-likeness (QED) is 0.148. The standard InChI is InChI=1S/C20H21N3O9/c21-13(31-18(28)3-1-11-22-14(24)6-7-15(22)25)5-10-20(30)32-19(29)4-2-12-23-16(26)8-9-17(23)27/h6-9,21H,1-5,10-12H2. The smallest absolute Gasteiger partial charge is 0.313 e. The summed E-state index contributed by atoms with van der Waals surface area (Å²) in [6.07, 6.45) is 3.83. The number of carbonyl (C=O) groups is 7. The van der Waals surface area contributed by atoms with Gasteiger partial charge in [-0.2, -0.15) is 0 Å². The Morgan fingerprint density at radius 1 is 0.625 bits per heavy atom. The van der Waals surface area contributed by atoms with Crippen molar-refractivity contribution in [2.45, 2.75) is 38.5 Å². The topological polar surface area (TPSA) is 168 Å². The van der Waals surface area contributed by atoms with Crippen LogP contribution in [0.5, 0.6) is 0 Å². The fourth-order valence-electron chi connectivity index (χ4n) is 2.75. The molecule has 0 saturated heterocycles. The number of imide groups is 2. The molecule has 0 unspecified atom stereocenters. The third kappa shape index (κ3) is 7.38. The van der Waals surface area contributed by atoms with E-state index in [1.807, 2.05) is 0 Å². The molecule has 0 bridgehead atoms. The minimum absolute atomic E-state index is 0.0190. The average molecular weight is 447 g/mol. The van der Waals surface area contributed by atoms with Crippen LogP contribution < -0.4 is 0 Å². The SMILES string of the molecule is N=C(CCC(=O)OC(=O)CCCN1C(=O)C=CC1=O)OC(=O)CCCN1C(=O)C=CC1=O. The highest BCUT2D eigenvalue weighted by atomic mass is 16.6. The Morgan fingerprint density at radius 3 is 1.44 bits per heavy atom. The molecule has 2 aliphatic rings. The first-order valence-corrected chi connectivity index (χ1v) is 9.76. The first kappa shape index (κ1) is 24.3. The molecule has 0 atom stereocenters. The van der Waals surface area contributed by atoms with Crippen LogP contribution in [-0.2, 0) is 43.0 Å². The van der Waals surface area contributed by atoms with E-state index in [4.69, 9.17) is 10.1 Å². The minimum Gasteiger partial charge on any atom is -0.412 e. The summed E-state index contributed by atoms with van der Waals surface area (Å²) in [6, 6.07) is 0. The second-order valence-electron chi connectivity index (χ2n) is 6.77. The summed E-state index contributed by atoms with van der Waals surface area (Å²) in [7, 11) is 0. The second kappa shape index (κ2) is 11.4. The van der Waals surface area contributed by atoms with Gasteiger partial charge >= 0.3 is 17.9 Å². The Hall–Kier alpha value is -3.96. The van der Waals surface area contributed by atoms with Crippen LogP contribution >= 0.6 is 0 Å². The molecule has 0 aliphatic carbocycles. The van der Waals surface area contributed by atoms with Crippen molar-refractivity contribution in [1.82, 2.24) is 9.80 Å². The van der Waals surface area contributed by atoms with Gasteiger partial charge in [-0.3, -0.25) is 48.8 Å².